The Kier molecular flexibility index (Phi) is 8.02. The predicted octanol–water partition coefficient (Wildman–Crippen LogP) is 0.459. The minimum Gasteiger partial charge on any atom is -0.354 e. The zero-order chi connectivity index (χ0) is 11.4. The number of hydrogen-bond donors (Lipinski definition) is 2. The number of rotatable bonds is 5. The van der Waals surface area contributed by atoms with E-state index in [1.807, 2.05) is 14.1 Å². The van der Waals surface area contributed by atoms with Gasteiger partial charge >= 0.3 is 0 Å². The molecular weight excluding hydrogens is 214 g/mol. The summed E-state index contributed by atoms with van der Waals surface area (Å²) >= 11 is 0. The van der Waals surface area contributed by atoms with Crippen molar-refractivity contribution >= 4 is 18.3 Å². The van der Waals surface area contributed by atoms with Gasteiger partial charge in [-0.2, -0.15) is 0 Å². The van der Waals surface area contributed by atoms with Crippen LogP contribution in [0.15, 0.2) is 0 Å². The summed E-state index contributed by atoms with van der Waals surface area (Å²) in [4.78, 5) is 13.3. The zero-order valence-corrected chi connectivity index (χ0v) is 11.1. The van der Waals surface area contributed by atoms with E-state index in [0.29, 0.717) is 6.54 Å². The van der Waals surface area contributed by atoms with Crippen molar-refractivity contribution in [3.8, 4) is 0 Å². The molecule has 0 aromatic rings. The fourth-order valence-corrected chi connectivity index (χ4v) is 1.40. The van der Waals surface area contributed by atoms with Gasteiger partial charge in [-0.25, -0.2) is 0 Å². The van der Waals surface area contributed by atoms with E-state index in [4.69, 9.17) is 5.73 Å². The van der Waals surface area contributed by atoms with Crippen LogP contribution in [0.3, 0.4) is 0 Å². The van der Waals surface area contributed by atoms with Crippen molar-refractivity contribution in [1.29, 1.82) is 0 Å². The molecule has 1 amide bonds. The molecule has 92 valence electrons. The minimum absolute atomic E-state index is 0. The van der Waals surface area contributed by atoms with E-state index in [-0.39, 0.29) is 23.7 Å². The number of halogens is 1. The van der Waals surface area contributed by atoms with Crippen LogP contribution >= 0.6 is 12.4 Å². The second-order valence-electron chi connectivity index (χ2n) is 4.91. The maximum atomic E-state index is 11.2. The van der Waals surface area contributed by atoms with Crippen molar-refractivity contribution in [3.05, 3.63) is 0 Å². The first-order valence-corrected chi connectivity index (χ1v) is 4.92. The van der Waals surface area contributed by atoms with Gasteiger partial charge < -0.3 is 16.0 Å². The number of nitrogens with one attached hydrogen (secondary N) is 1. The van der Waals surface area contributed by atoms with Crippen molar-refractivity contribution in [1.82, 2.24) is 10.2 Å². The molecule has 0 fully saturated rings. The average Bonchev–Trinajstić information content (AvgIpc) is 1.97. The molecule has 1 unspecified atom stereocenters. The Morgan fingerprint density at radius 3 is 2.27 bits per heavy atom. The Balaban J connectivity index is 0. The molecule has 0 bridgehead atoms. The SMILES string of the molecule is CC(N)C(=O)NCC(C)(C)CN(C)C.Cl. The average molecular weight is 238 g/mol. The lowest BCUT2D eigenvalue weighted by molar-refractivity contribution is -0.122. The zero-order valence-electron chi connectivity index (χ0n) is 10.3. The molecule has 0 radical (unpaired) electrons. The Morgan fingerprint density at radius 2 is 1.93 bits per heavy atom. The monoisotopic (exact) mass is 237 g/mol. The van der Waals surface area contributed by atoms with Gasteiger partial charge in [0, 0.05) is 13.1 Å². The lowest BCUT2D eigenvalue weighted by Crippen LogP contribution is -2.45. The Morgan fingerprint density at radius 1 is 1.47 bits per heavy atom. The molecule has 0 aliphatic carbocycles. The largest absolute Gasteiger partial charge is 0.354 e. The van der Waals surface area contributed by atoms with Gasteiger partial charge in [-0.1, -0.05) is 13.8 Å². The number of nitrogens with zero attached hydrogens (tertiary/aromatic N) is 1. The summed E-state index contributed by atoms with van der Waals surface area (Å²) in [6.07, 6.45) is 0. The molecule has 1 atom stereocenters. The predicted molar refractivity (Wildman–Crippen MR) is 66.2 cm³/mol. The third-order valence-corrected chi connectivity index (χ3v) is 1.90. The summed E-state index contributed by atoms with van der Waals surface area (Å²) < 4.78 is 0. The second-order valence-corrected chi connectivity index (χ2v) is 4.91. The number of carbonyl (C=O) groups is 1. The first-order chi connectivity index (χ1) is 6.24. The maximum Gasteiger partial charge on any atom is 0.236 e. The van der Waals surface area contributed by atoms with Crippen LogP contribution in [0.5, 0.6) is 0 Å². The van der Waals surface area contributed by atoms with Crippen LogP contribution in [0.1, 0.15) is 20.8 Å². The standard InChI is InChI=1S/C10H23N3O.ClH/c1-8(11)9(14)12-6-10(2,3)7-13(4)5;/h8H,6-7,11H2,1-5H3,(H,12,14);1H. The third-order valence-electron chi connectivity index (χ3n) is 1.90. The molecule has 0 rings (SSSR count). The highest BCUT2D eigenvalue weighted by atomic mass is 35.5. The molecule has 0 saturated heterocycles. The first-order valence-electron chi connectivity index (χ1n) is 4.92. The van der Waals surface area contributed by atoms with Crippen molar-refractivity contribution in [2.24, 2.45) is 11.1 Å². The quantitative estimate of drug-likeness (QED) is 0.731. The number of amides is 1. The molecule has 0 aliphatic rings. The molecule has 0 aromatic heterocycles. The Bertz CT molecular complexity index is 193. The van der Waals surface area contributed by atoms with Gasteiger partial charge in [0.2, 0.25) is 5.91 Å². The summed E-state index contributed by atoms with van der Waals surface area (Å²) in [6, 6.07) is -0.426. The molecule has 0 heterocycles. The highest BCUT2D eigenvalue weighted by Crippen LogP contribution is 2.13. The number of nitrogens with two attached hydrogens (primary N) is 1. The highest BCUT2D eigenvalue weighted by Gasteiger charge is 2.20. The van der Waals surface area contributed by atoms with Crippen LogP contribution in [0.25, 0.3) is 0 Å². The van der Waals surface area contributed by atoms with E-state index in [2.05, 4.69) is 24.1 Å². The molecular formula is C10H24ClN3O. The normalized spacial score (nSPS) is 13.3. The van der Waals surface area contributed by atoms with Crippen molar-refractivity contribution in [3.63, 3.8) is 0 Å². The first kappa shape index (κ1) is 17.1. The van der Waals surface area contributed by atoms with E-state index in [1.54, 1.807) is 6.92 Å². The molecule has 3 N–H and O–H groups in total. The maximum absolute atomic E-state index is 11.2. The smallest absolute Gasteiger partial charge is 0.236 e. The van der Waals surface area contributed by atoms with Crippen molar-refractivity contribution in [2.75, 3.05) is 27.2 Å². The molecule has 0 spiro atoms. The van der Waals surface area contributed by atoms with E-state index in [0.717, 1.165) is 6.54 Å². The van der Waals surface area contributed by atoms with Gasteiger partial charge in [-0.3, -0.25) is 4.79 Å². The van der Waals surface area contributed by atoms with Gasteiger partial charge in [0.25, 0.3) is 0 Å². The molecule has 15 heavy (non-hydrogen) atoms. The highest BCUT2D eigenvalue weighted by molar-refractivity contribution is 5.85. The summed E-state index contributed by atoms with van der Waals surface area (Å²) in [5.74, 6) is -0.0863. The van der Waals surface area contributed by atoms with Gasteiger partial charge in [-0.15, -0.1) is 12.4 Å². The van der Waals surface area contributed by atoms with Gasteiger partial charge in [-0.05, 0) is 26.4 Å². The molecule has 5 heteroatoms. The summed E-state index contributed by atoms with van der Waals surface area (Å²) in [7, 11) is 4.05. The van der Waals surface area contributed by atoms with Gasteiger partial charge in [0.05, 0.1) is 6.04 Å². The van der Waals surface area contributed by atoms with Gasteiger partial charge in [0.1, 0.15) is 0 Å². The van der Waals surface area contributed by atoms with E-state index in [1.165, 1.54) is 0 Å². The van der Waals surface area contributed by atoms with Crippen LogP contribution in [0.2, 0.25) is 0 Å². The minimum atomic E-state index is -0.426. The van der Waals surface area contributed by atoms with Crippen molar-refractivity contribution in [2.45, 2.75) is 26.8 Å². The van der Waals surface area contributed by atoms with Crippen LogP contribution in [-0.4, -0.2) is 44.0 Å². The number of hydrogen-bond acceptors (Lipinski definition) is 3. The van der Waals surface area contributed by atoms with E-state index >= 15 is 0 Å². The lowest BCUT2D eigenvalue weighted by Gasteiger charge is -2.28. The van der Waals surface area contributed by atoms with Crippen molar-refractivity contribution < 1.29 is 4.79 Å². The topological polar surface area (TPSA) is 58.4 Å². The number of carbonyl (C=O) groups excluding carboxylic acids is 1. The summed E-state index contributed by atoms with van der Waals surface area (Å²) in [5.41, 5.74) is 5.52. The van der Waals surface area contributed by atoms with Crippen LogP contribution in [0.4, 0.5) is 0 Å². The molecule has 4 nitrogen and oxygen atoms in total. The van der Waals surface area contributed by atoms with Crippen LogP contribution < -0.4 is 11.1 Å². The van der Waals surface area contributed by atoms with Crippen LogP contribution in [0, 0.1) is 5.41 Å². The molecule has 0 aliphatic heterocycles. The van der Waals surface area contributed by atoms with E-state index < -0.39 is 6.04 Å². The van der Waals surface area contributed by atoms with Crippen LogP contribution in [-0.2, 0) is 4.79 Å². The van der Waals surface area contributed by atoms with E-state index in [9.17, 15) is 4.79 Å². The fraction of sp³-hybridized carbons (Fsp3) is 0.900. The molecule has 0 aromatic carbocycles. The second kappa shape index (κ2) is 7.04. The van der Waals surface area contributed by atoms with Gasteiger partial charge in [0.15, 0.2) is 0 Å². The lowest BCUT2D eigenvalue weighted by atomic mass is 9.93. The Hall–Kier alpha value is -0.320. The Labute approximate surface area is 99.0 Å². The third kappa shape index (κ3) is 8.66. The summed E-state index contributed by atoms with van der Waals surface area (Å²) in [6.45, 7) is 7.52. The summed E-state index contributed by atoms with van der Waals surface area (Å²) in [5, 5.41) is 2.84. The molecule has 0 saturated carbocycles. The fourth-order valence-electron chi connectivity index (χ4n) is 1.40.